The fraction of sp³-hybridized carbons (Fsp3) is 0.647. The van der Waals surface area contributed by atoms with Crippen LogP contribution in [0.5, 0.6) is 11.5 Å². The molecule has 0 saturated heterocycles. The summed E-state index contributed by atoms with van der Waals surface area (Å²) in [5.74, 6) is 1.65. The molecule has 1 aliphatic carbocycles. The van der Waals surface area contributed by atoms with E-state index in [1.807, 2.05) is 13.0 Å². The Morgan fingerprint density at radius 2 is 1.95 bits per heavy atom. The summed E-state index contributed by atoms with van der Waals surface area (Å²) in [5, 5.41) is 1.70. The summed E-state index contributed by atoms with van der Waals surface area (Å²) < 4.78 is 10.9. The van der Waals surface area contributed by atoms with Crippen LogP contribution in [-0.2, 0) is 22.5 Å². The Morgan fingerprint density at radius 1 is 1.14 bits per heavy atom. The van der Waals surface area contributed by atoms with Crippen LogP contribution in [0, 0.1) is 0 Å². The second kappa shape index (κ2) is 8.36. The van der Waals surface area contributed by atoms with Gasteiger partial charge in [-0.15, -0.1) is 0 Å². The number of hydrogen-bond acceptors (Lipinski definition) is 5. The van der Waals surface area contributed by atoms with Crippen molar-refractivity contribution in [1.82, 2.24) is 5.23 Å². The van der Waals surface area contributed by atoms with Crippen LogP contribution in [0.25, 0.3) is 0 Å². The van der Waals surface area contributed by atoms with Gasteiger partial charge in [0, 0.05) is 5.56 Å². The maximum atomic E-state index is 5.74. The molecule has 0 aliphatic heterocycles. The highest BCUT2D eigenvalue weighted by molar-refractivity contribution is 5.52. The van der Waals surface area contributed by atoms with Gasteiger partial charge >= 0.3 is 0 Å². The standard InChI is InChI=1S/C17H27NO4/c1-5-11-22-18(21-6-2)14-8-9-15-13(12-14)7-10-16(19-3)17(15)20-4/h7,10,14H,5-6,8-9,11-12H2,1-4H3. The quantitative estimate of drug-likeness (QED) is 0.690. The van der Waals surface area contributed by atoms with Gasteiger partial charge in [0.1, 0.15) is 0 Å². The Bertz CT molecular complexity index is 478. The number of nitrogens with zero attached hydrogens (tertiary/aromatic N) is 1. The number of hydrogen-bond donors (Lipinski definition) is 0. The Hall–Kier alpha value is -1.30. The molecule has 1 aliphatic rings. The summed E-state index contributed by atoms with van der Waals surface area (Å²) in [4.78, 5) is 11.4. The summed E-state index contributed by atoms with van der Waals surface area (Å²) in [7, 11) is 3.37. The van der Waals surface area contributed by atoms with Crippen molar-refractivity contribution in [2.75, 3.05) is 27.4 Å². The first-order valence-electron chi connectivity index (χ1n) is 8.02. The Balaban J connectivity index is 2.16. The van der Waals surface area contributed by atoms with E-state index in [-0.39, 0.29) is 6.04 Å². The van der Waals surface area contributed by atoms with Gasteiger partial charge in [0.2, 0.25) is 0 Å². The average Bonchev–Trinajstić information content (AvgIpc) is 2.56. The van der Waals surface area contributed by atoms with Gasteiger partial charge in [0.05, 0.1) is 33.5 Å². The molecule has 0 aromatic heterocycles. The van der Waals surface area contributed by atoms with Crippen molar-refractivity contribution in [3.05, 3.63) is 23.3 Å². The number of methoxy groups -OCH3 is 2. The van der Waals surface area contributed by atoms with E-state index in [9.17, 15) is 0 Å². The monoisotopic (exact) mass is 309 g/mol. The minimum atomic E-state index is 0.233. The van der Waals surface area contributed by atoms with Gasteiger partial charge in [-0.1, -0.05) is 18.2 Å². The molecule has 0 N–H and O–H groups in total. The molecule has 1 aromatic rings. The van der Waals surface area contributed by atoms with E-state index in [0.717, 1.165) is 37.2 Å². The van der Waals surface area contributed by atoms with Crippen molar-refractivity contribution in [2.45, 2.75) is 45.6 Å². The highest BCUT2D eigenvalue weighted by atomic mass is 16.9. The van der Waals surface area contributed by atoms with Crippen LogP contribution < -0.4 is 9.47 Å². The molecule has 22 heavy (non-hydrogen) atoms. The summed E-state index contributed by atoms with van der Waals surface area (Å²) in [5.41, 5.74) is 2.52. The van der Waals surface area contributed by atoms with E-state index in [0.29, 0.717) is 13.2 Å². The van der Waals surface area contributed by atoms with Gasteiger partial charge in [-0.3, -0.25) is 9.68 Å². The lowest BCUT2D eigenvalue weighted by Gasteiger charge is -2.33. The van der Waals surface area contributed by atoms with E-state index >= 15 is 0 Å². The number of rotatable bonds is 8. The third kappa shape index (κ3) is 3.72. The van der Waals surface area contributed by atoms with Crippen LogP contribution in [-0.4, -0.2) is 38.7 Å². The maximum absolute atomic E-state index is 5.74. The molecule has 5 nitrogen and oxygen atoms in total. The molecule has 1 unspecified atom stereocenters. The lowest BCUT2D eigenvalue weighted by molar-refractivity contribution is -0.387. The topological polar surface area (TPSA) is 40.2 Å². The summed E-state index contributed by atoms with van der Waals surface area (Å²) >= 11 is 0. The summed E-state index contributed by atoms with van der Waals surface area (Å²) in [6.07, 6.45) is 3.76. The molecular weight excluding hydrogens is 282 g/mol. The lowest BCUT2D eigenvalue weighted by Crippen LogP contribution is -2.39. The van der Waals surface area contributed by atoms with Crippen LogP contribution in [0.15, 0.2) is 12.1 Å². The van der Waals surface area contributed by atoms with Crippen molar-refractivity contribution in [1.29, 1.82) is 0 Å². The molecule has 0 spiro atoms. The highest BCUT2D eigenvalue weighted by Crippen LogP contribution is 2.38. The van der Waals surface area contributed by atoms with Crippen LogP contribution in [0.1, 0.15) is 37.8 Å². The fourth-order valence-electron chi connectivity index (χ4n) is 2.90. The second-order valence-corrected chi connectivity index (χ2v) is 5.37. The average molecular weight is 309 g/mol. The molecule has 2 rings (SSSR count). The Labute approximate surface area is 133 Å². The largest absolute Gasteiger partial charge is 0.493 e. The van der Waals surface area contributed by atoms with Crippen LogP contribution in [0.2, 0.25) is 0 Å². The third-order valence-corrected chi connectivity index (χ3v) is 3.91. The lowest BCUT2D eigenvalue weighted by atomic mass is 9.87. The Morgan fingerprint density at radius 3 is 2.59 bits per heavy atom. The van der Waals surface area contributed by atoms with Gasteiger partial charge in [0.25, 0.3) is 0 Å². The molecule has 0 radical (unpaired) electrons. The minimum absolute atomic E-state index is 0.233. The number of ether oxygens (including phenoxy) is 2. The number of hydroxylamine groups is 2. The maximum Gasteiger partial charge on any atom is 0.164 e. The molecule has 0 amide bonds. The van der Waals surface area contributed by atoms with Crippen molar-refractivity contribution < 1.29 is 19.1 Å². The van der Waals surface area contributed by atoms with Crippen molar-refractivity contribution >= 4 is 0 Å². The van der Waals surface area contributed by atoms with Crippen molar-refractivity contribution in [3.8, 4) is 11.5 Å². The summed E-state index contributed by atoms with van der Waals surface area (Å²) in [6, 6.07) is 4.32. The zero-order valence-corrected chi connectivity index (χ0v) is 14.1. The van der Waals surface area contributed by atoms with Crippen LogP contribution in [0.3, 0.4) is 0 Å². The predicted octanol–water partition coefficient (Wildman–Crippen LogP) is 3.16. The smallest absolute Gasteiger partial charge is 0.164 e. The van der Waals surface area contributed by atoms with Crippen LogP contribution >= 0.6 is 0 Å². The first-order chi connectivity index (χ1) is 10.7. The van der Waals surface area contributed by atoms with Crippen molar-refractivity contribution in [2.24, 2.45) is 0 Å². The Kier molecular flexibility index (Phi) is 6.49. The van der Waals surface area contributed by atoms with E-state index in [4.69, 9.17) is 19.1 Å². The second-order valence-electron chi connectivity index (χ2n) is 5.37. The van der Waals surface area contributed by atoms with E-state index in [2.05, 4.69) is 13.0 Å². The fourth-order valence-corrected chi connectivity index (χ4v) is 2.90. The van der Waals surface area contributed by atoms with E-state index < -0.39 is 0 Å². The molecular formula is C17H27NO4. The zero-order valence-electron chi connectivity index (χ0n) is 14.1. The molecule has 0 heterocycles. The van der Waals surface area contributed by atoms with Gasteiger partial charge in [-0.05, 0) is 44.2 Å². The van der Waals surface area contributed by atoms with E-state index in [1.165, 1.54) is 11.1 Å². The van der Waals surface area contributed by atoms with E-state index in [1.54, 1.807) is 19.4 Å². The van der Waals surface area contributed by atoms with Crippen molar-refractivity contribution in [3.63, 3.8) is 0 Å². The third-order valence-electron chi connectivity index (χ3n) is 3.91. The van der Waals surface area contributed by atoms with Gasteiger partial charge in [0.15, 0.2) is 11.5 Å². The zero-order chi connectivity index (χ0) is 15.9. The van der Waals surface area contributed by atoms with Gasteiger partial charge in [-0.2, -0.15) is 0 Å². The molecule has 1 aromatic carbocycles. The molecule has 1 atom stereocenters. The summed E-state index contributed by atoms with van der Waals surface area (Å²) in [6.45, 7) is 5.36. The molecule has 0 saturated carbocycles. The number of benzene rings is 1. The molecule has 0 fully saturated rings. The normalized spacial score (nSPS) is 17.4. The molecule has 5 heteroatoms. The first-order valence-corrected chi connectivity index (χ1v) is 8.02. The highest BCUT2D eigenvalue weighted by Gasteiger charge is 2.28. The van der Waals surface area contributed by atoms with Crippen LogP contribution in [0.4, 0.5) is 0 Å². The molecule has 0 bridgehead atoms. The number of fused-ring (bicyclic) bond motifs is 1. The molecule has 124 valence electrons. The van der Waals surface area contributed by atoms with Gasteiger partial charge < -0.3 is 9.47 Å². The minimum Gasteiger partial charge on any atom is -0.493 e. The predicted molar refractivity (Wildman–Crippen MR) is 85.1 cm³/mol. The first kappa shape index (κ1) is 17.1. The SMILES string of the molecule is CCCON(OCC)C1CCc2c(ccc(OC)c2OC)C1. The van der Waals surface area contributed by atoms with Gasteiger partial charge in [-0.25, -0.2) is 0 Å².